The van der Waals surface area contributed by atoms with Crippen molar-refractivity contribution in [3.63, 3.8) is 0 Å². The van der Waals surface area contributed by atoms with Gasteiger partial charge in [0.1, 0.15) is 0 Å². The molecule has 3 rings (SSSR count). The van der Waals surface area contributed by atoms with Crippen LogP contribution in [0.3, 0.4) is 0 Å². The largest absolute Gasteiger partial charge is 0.350 e. The Hall–Kier alpha value is -3.26. The summed E-state index contributed by atoms with van der Waals surface area (Å²) in [6.07, 6.45) is 5.19. The van der Waals surface area contributed by atoms with Crippen molar-refractivity contribution in [1.82, 2.24) is 20.1 Å². The number of carbonyl (C=O) groups excluding carboxylic acids is 1. The van der Waals surface area contributed by atoms with Gasteiger partial charge in [-0.2, -0.15) is 5.10 Å². The highest BCUT2D eigenvalue weighted by Crippen LogP contribution is 2.22. The SMILES string of the molecule is O=C(NCCn1ccc(-c2ccncc2)n1)c1cc([N+](=O)[O-])ccc1Cl. The smallest absolute Gasteiger partial charge is 0.270 e. The standard InChI is InChI=1S/C17H14ClN5O3/c18-15-2-1-13(23(25)26)11-14(15)17(24)20-8-10-22-9-5-16(21-22)12-3-6-19-7-4-12/h1-7,9,11H,8,10H2,(H,20,24). The van der Waals surface area contributed by atoms with Gasteiger partial charge in [-0.25, -0.2) is 0 Å². The number of nitro benzene ring substituents is 1. The molecule has 0 aliphatic carbocycles. The van der Waals surface area contributed by atoms with Crippen LogP contribution in [0.4, 0.5) is 5.69 Å². The second kappa shape index (κ2) is 7.75. The first kappa shape index (κ1) is 17.6. The number of pyridine rings is 1. The quantitative estimate of drug-likeness (QED) is 0.530. The first-order valence-corrected chi connectivity index (χ1v) is 8.08. The molecule has 26 heavy (non-hydrogen) atoms. The van der Waals surface area contributed by atoms with Gasteiger partial charge in [0.15, 0.2) is 0 Å². The van der Waals surface area contributed by atoms with Crippen molar-refractivity contribution in [2.75, 3.05) is 6.54 Å². The molecular weight excluding hydrogens is 358 g/mol. The van der Waals surface area contributed by atoms with Gasteiger partial charge >= 0.3 is 0 Å². The van der Waals surface area contributed by atoms with Crippen molar-refractivity contribution >= 4 is 23.2 Å². The number of hydrogen-bond donors (Lipinski definition) is 1. The van der Waals surface area contributed by atoms with Crippen LogP contribution < -0.4 is 5.32 Å². The van der Waals surface area contributed by atoms with Crippen molar-refractivity contribution in [3.05, 3.63) is 75.7 Å². The zero-order valence-electron chi connectivity index (χ0n) is 13.5. The summed E-state index contributed by atoms with van der Waals surface area (Å²) in [4.78, 5) is 26.4. The lowest BCUT2D eigenvalue weighted by Crippen LogP contribution is -2.27. The number of nitro groups is 1. The van der Waals surface area contributed by atoms with Crippen molar-refractivity contribution in [2.45, 2.75) is 6.54 Å². The number of carbonyl (C=O) groups is 1. The van der Waals surface area contributed by atoms with Crippen molar-refractivity contribution < 1.29 is 9.72 Å². The number of nitrogens with one attached hydrogen (secondary N) is 1. The summed E-state index contributed by atoms with van der Waals surface area (Å²) in [7, 11) is 0. The van der Waals surface area contributed by atoms with Gasteiger partial charge in [-0.1, -0.05) is 11.6 Å². The molecular formula is C17H14ClN5O3. The molecule has 0 saturated carbocycles. The van der Waals surface area contributed by atoms with Crippen LogP contribution in [0.15, 0.2) is 55.0 Å². The van der Waals surface area contributed by atoms with Gasteiger partial charge in [0.2, 0.25) is 0 Å². The molecule has 0 atom stereocenters. The first-order chi connectivity index (χ1) is 12.5. The van der Waals surface area contributed by atoms with Crippen LogP contribution in [-0.2, 0) is 6.54 Å². The zero-order chi connectivity index (χ0) is 18.5. The molecule has 9 heteroatoms. The number of non-ortho nitro benzene ring substituents is 1. The molecule has 2 aromatic heterocycles. The number of amides is 1. The average Bonchev–Trinajstić information content (AvgIpc) is 3.11. The number of aromatic nitrogens is 3. The van der Waals surface area contributed by atoms with E-state index in [0.29, 0.717) is 13.1 Å². The molecule has 0 fully saturated rings. The zero-order valence-corrected chi connectivity index (χ0v) is 14.3. The summed E-state index contributed by atoms with van der Waals surface area (Å²) in [5, 5.41) is 18.1. The third kappa shape index (κ3) is 4.04. The predicted molar refractivity (Wildman–Crippen MR) is 95.9 cm³/mol. The second-order valence-corrected chi connectivity index (χ2v) is 5.78. The molecule has 0 bridgehead atoms. The molecule has 1 aromatic carbocycles. The van der Waals surface area contributed by atoms with Crippen LogP contribution >= 0.6 is 11.6 Å². The van der Waals surface area contributed by atoms with Crippen LogP contribution in [0.1, 0.15) is 10.4 Å². The molecule has 0 aliphatic heterocycles. The Morgan fingerprint density at radius 1 is 1.23 bits per heavy atom. The lowest BCUT2D eigenvalue weighted by Gasteiger charge is -2.07. The lowest BCUT2D eigenvalue weighted by atomic mass is 10.2. The first-order valence-electron chi connectivity index (χ1n) is 7.70. The van der Waals surface area contributed by atoms with E-state index in [2.05, 4.69) is 15.4 Å². The summed E-state index contributed by atoms with van der Waals surface area (Å²) in [5.41, 5.74) is 1.64. The number of rotatable bonds is 6. The summed E-state index contributed by atoms with van der Waals surface area (Å²) in [6.45, 7) is 0.749. The fourth-order valence-electron chi connectivity index (χ4n) is 2.34. The Bertz CT molecular complexity index is 943. The van der Waals surface area contributed by atoms with Gasteiger partial charge in [0.25, 0.3) is 11.6 Å². The summed E-state index contributed by atoms with van der Waals surface area (Å²) >= 11 is 5.96. The summed E-state index contributed by atoms with van der Waals surface area (Å²) in [5.74, 6) is -0.472. The highest BCUT2D eigenvalue weighted by Gasteiger charge is 2.15. The monoisotopic (exact) mass is 371 g/mol. The Kier molecular flexibility index (Phi) is 5.23. The van der Waals surface area contributed by atoms with Crippen LogP contribution in [0.5, 0.6) is 0 Å². The predicted octanol–water partition coefficient (Wildman–Crippen LogP) is 2.94. The van der Waals surface area contributed by atoms with Crippen LogP contribution in [0, 0.1) is 10.1 Å². The van der Waals surface area contributed by atoms with E-state index in [1.54, 1.807) is 17.1 Å². The maximum absolute atomic E-state index is 12.2. The van der Waals surface area contributed by atoms with Crippen LogP contribution in [0.25, 0.3) is 11.3 Å². The van der Waals surface area contributed by atoms with Gasteiger partial charge in [-0.05, 0) is 24.3 Å². The van der Waals surface area contributed by atoms with Gasteiger partial charge in [-0.15, -0.1) is 0 Å². The third-order valence-corrected chi connectivity index (χ3v) is 3.98. The minimum Gasteiger partial charge on any atom is -0.350 e. The molecule has 1 amide bonds. The van der Waals surface area contributed by atoms with E-state index < -0.39 is 10.8 Å². The van der Waals surface area contributed by atoms with E-state index in [0.717, 1.165) is 17.3 Å². The molecule has 0 radical (unpaired) electrons. The number of benzene rings is 1. The van der Waals surface area contributed by atoms with Gasteiger partial charge in [-0.3, -0.25) is 24.6 Å². The van der Waals surface area contributed by atoms with Gasteiger partial charge < -0.3 is 5.32 Å². The Balaban J connectivity index is 1.60. The fraction of sp³-hybridized carbons (Fsp3) is 0.118. The van der Waals surface area contributed by atoms with E-state index in [1.165, 1.54) is 12.1 Å². The van der Waals surface area contributed by atoms with E-state index in [-0.39, 0.29) is 16.3 Å². The van der Waals surface area contributed by atoms with Crippen LogP contribution in [-0.4, -0.2) is 32.1 Å². The number of hydrogen-bond acceptors (Lipinski definition) is 5. The molecule has 132 valence electrons. The van der Waals surface area contributed by atoms with E-state index in [1.807, 2.05) is 24.4 Å². The minimum absolute atomic E-state index is 0.0683. The van der Waals surface area contributed by atoms with Crippen molar-refractivity contribution in [3.8, 4) is 11.3 Å². The molecule has 0 aliphatic rings. The van der Waals surface area contributed by atoms with E-state index in [9.17, 15) is 14.9 Å². The highest BCUT2D eigenvalue weighted by atomic mass is 35.5. The normalized spacial score (nSPS) is 10.5. The van der Waals surface area contributed by atoms with E-state index >= 15 is 0 Å². The molecule has 8 nitrogen and oxygen atoms in total. The third-order valence-electron chi connectivity index (χ3n) is 3.65. The lowest BCUT2D eigenvalue weighted by molar-refractivity contribution is -0.384. The fourth-order valence-corrected chi connectivity index (χ4v) is 2.55. The second-order valence-electron chi connectivity index (χ2n) is 5.38. The average molecular weight is 372 g/mol. The molecule has 0 saturated heterocycles. The van der Waals surface area contributed by atoms with E-state index in [4.69, 9.17) is 11.6 Å². The van der Waals surface area contributed by atoms with Gasteiger partial charge in [0.05, 0.1) is 27.7 Å². The molecule has 0 unspecified atom stereocenters. The Labute approximate surface area is 153 Å². The molecule has 0 spiro atoms. The number of nitrogens with zero attached hydrogens (tertiary/aromatic N) is 4. The highest BCUT2D eigenvalue weighted by molar-refractivity contribution is 6.33. The Morgan fingerprint density at radius 2 is 2.00 bits per heavy atom. The molecule has 3 aromatic rings. The van der Waals surface area contributed by atoms with Gasteiger partial charge in [0, 0.05) is 42.8 Å². The Morgan fingerprint density at radius 3 is 2.73 bits per heavy atom. The maximum atomic E-state index is 12.2. The minimum atomic E-state index is -0.572. The molecule has 2 heterocycles. The molecule has 1 N–H and O–H groups in total. The summed E-state index contributed by atoms with van der Waals surface area (Å²) < 4.78 is 1.70. The number of halogens is 1. The topological polar surface area (TPSA) is 103 Å². The summed E-state index contributed by atoms with van der Waals surface area (Å²) in [6, 6.07) is 9.34. The van der Waals surface area contributed by atoms with Crippen LogP contribution in [0.2, 0.25) is 5.02 Å². The van der Waals surface area contributed by atoms with Crippen molar-refractivity contribution in [1.29, 1.82) is 0 Å². The van der Waals surface area contributed by atoms with Crippen molar-refractivity contribution in [2.24, 2.45) is 0 Å². The maximum Gasteiger partial charge on any atom is 0.270 e.